The number of rotatable bonds is 5. The van der Waals surface area contributed by atoms with Crippen molar-refractivity contribution in [3.63, 3.8) is 0 Å². The lowest BCUT2D eigenvalue weighted by atomic mass is 9.99. The second-order valence-electron chi connectivity index (χ2n) is 5.02. The van der Waals surface area contributed by atoms with Crippen molar-refractivity contribution in [2.75, 3.05) is 0 Å². The number of nitrogens with zero attached hydrogens (tertiary/aromatic N) is 1. The second kappa shape index (κ2) is 5.96. The number of carbonyl (C=O) groups is 1. The van der Waals surface area contributed by atoms with Crippen molar-refractivity contribution in [3.8, 4) is 0 Å². The van der Waals surface area contributed by atoms with Gasteiger partial charge in [-0.2, -0.15) is 0 Å². The first-order chi connectivity index (χ1) is 8.68. The van der Waals surface area contributed by atoms with Gasteiger partial charge in [-0.25, -0.2) is 4.79 Å². The summed E-state index contributed by atoms with van der Waals surface area (Å²) in [7, 11) is 0. The standard InChI is InChI=1S/C14H20N2O2/c1-10(11-5-2-3-6-11)16-9-13-12(14(17)18)7-4-8-15-13/h4,7-8,10-11,16H,2-3,5-6,9H2,1H3,(H,17,18)/t10-/m0/s1. The molecule has 4 nitrogen and oxygen atoms in total. The molecular formula is C14H20N2O2. The van der Waals surface area contributed by atoms with E-state index in [1.165, 1.54) is 25.7 Å². The Morgan fingerprint density at radius 2 is 2.28 bits per heavy atom. The minimum absolute atomic E-state index is 0.295. The lowest BCUT2D eigenvalue weighted by Crippen LogP contribution is -2.32. The predicted octanol–water partition coefficient (Wildman–Crippen LogP) is 2.45. The summed E-state index contributed by atoms with van der Waals surface area (Å²) in [4.78, 5) is 15.2. The molecule has 0 saturated heterocycles. The minimum atomic E-state index is -0.909. The lowest BCUT2D eigenvalue weighted by Gasteiger charge is -2.20. The highest BCUT2D eigenvalue weighted by molar-refractivity contribution is 5.88. The number of nitrogens with one attached hydrogen (secondary N) is 1. The molecule has 1 saturated carbocycles. The van der Waals surface area contributed by atoms with Crippen molar-refractivity contribution in [1.82, 2.24) is 10.3 Å². The second-order valence-corrected chi connectivity index (χ2v) is 5.02. The van der Waals surface area contributed by atoms with Gasteiger partial charge in [0.1, 0.15) is 0 Å². The Morgan fingerprint density at radius 3 is 2.94 bits per heavy atom. The molecule has 2 N–H and O–H groups in total. The van der Waals surface area contributed by atoms with Crippen LogP contribution in [0.25, 0.3) is 0 Å². The van der Waals surface area contributed by atoms with Gasteiger partial charge in [0.2, 0.25) is 0 Å². The summed E-state index contributed by atoms with van der Waals surface area (Å²) >= 11 is 0. The van der Waals surface area contributed by atoms with Gasteiger partial charge < -0.3 is 10.4 Å². The van der Waals surface area contributed by atoms with Crippen molar-refractivity contribution in [2.45, 2.75) is 45.2 Å². The summed E-state index contributed by atoms with van der Waals surface area (Å²) in [6, 6.07) is 3.69. The van der Waals surface area contributed by atoms with Crippen LogP contribution in [0.5, 0.6) is 0 Å². The minimum Gasteiger partial charge on any atom is -0.478 e. The van der Waals surface area contributed by atoms with Crippen LogP contribution in [-0.2, 0) is 6.54 Å². The number of pyridine rings is 1. The Bertz CT molecular complexity index is 414. The summed E-state index contributed by atoms with van der Waals surface area (Å²) in [5.74, 6) is -0.185. The molecule has 0 amide bonds. The third-order valence-electron chi connectivity index (χ3n) is 3.82. The number of carboxylic acids is 1. The number of hydrogen-bond acceptors (Lipinski definition) is 3. The molecule has 0 unspecified atom stereocenters. The highest BCUT2D eigenvalue weighted by atomic mass is 16.4. The van der Waals surface area contributed by atoms with E-state index in [0.29, 0.717) is 23.8 Å². The first-order valence-corrected chi connectivity index (χ1v) is 6.59. The molecule has 0 aromatic carbocycles. The van der Waals surface area contributed by atoms with Crippen LogP contribution in [0.1, 0.15) is 48.7 Å². The van der Waals surface area contributed by atoms with Gasteiger partial charge >= 0.3 is 5.97 Å². The quantitative estimate of drug-likeness (QED) is 0.840. The summed E-state index contributed by atoms with van der Waals surface area (Å²) in [5.41, 5.74) is 0.915. The molecule has 0 aliphatic heterocycles. The molecule has 1 aromatic rings. The summed E-state index contributed by atoms with van der Waals surface area (Å²) in [6.07, 6.45) is 6.84. The van der Waals surface area contributed by atoms with Crippen molar-refractivity contribution in [2.24, 2.45) is 5.92 Å². The molecule has 0 radical (unpaired) electrons. The van der Waals surface area contributed by atoms with Crippen LogP contribution in [0, 0.1) is 5.92 Å². The molecule has 0 bridgehead atoms. The van der Waals surface area contributed by atoms with Gasteiger partial charge in [0, 0.05) is 18.8 Å². The lowest BCUT2D eigenvalue weighted by molar-refractivity contribution is 0.0695. The van der Waals surface area contributed by atoms with Gasteiger partial charge in [0.05, 0.1) is 11.3 Å². The van der Waals surface area contributed by atoms with Crippen molar-refractivity contribution < 1.29 is 9.90 Å². The molecule has 18 heavy (non-hydrogen) atoms. The van der Waals surface area contributed by atoms with E-state index < -0.39 is 5.97 Å². The highest BCUT2D eigenvalue weighted by Gasteiger charge is 2.21. The average Bonchev–Trinajstić information content (AvgIpc) is 2.90. The molecule has 2 rings (SSSR count). The number of aromatic carboxylic acids is 1. The van der Waals surface area contributed by atoms with Gasteiger partial charge in [0.25, 0.3) is 0 Å². The Morgan fingerprint density at radius 1 is 1.56 bits per heavy atom. The first-order valence-electron chi connectivity index (χ1n) is 6.59. The average molecular weight is 248 g/mol. The van der Waals surface area contributed by atoms with Gasteiger partial charge in [-0.1, -0.05) is 12.8 Å². The molecule has 1 aliphatic carbocycles. The Hall–Kier alpha value is -1.42. The van der Waals surface area contributed by atoms with E-state index in [1.54, 1.807) is 18.3 Å². The highest BCUT2D eigenvalue weighted by Crippen LogP contribution is 2.27. The van der Waals surface area contributed by atoms with Gasteiger partial charge in [-0.05, 0) is 37.8 Å². The maximum Gasteiger partial charge on any atom is 0.337 e. The Balaban J connectivity index is 1.95. The van der Waals surface area contributed by atoms with Crippen LogP contribution in [-0.4, -0.2) is 22.1 Å². The molecule has 1 atom stereocenters. The van der Waals surface area contributed by atoms with Crippen LogP contribution < -0.4 is 5.32 Å². The van der Waals surface area contributed by atoms with Crippen LogP contribution >= 0.6 is 0 Å². The third kappa shape index (κ3) is 3.07. The Kier molecular flexibility index (Phi) is 4.31. The van der Waals surface area contributed by atoms with E-state index in [9.17, 15) is 4.79 Å². The Labute approximate surface area is 107 Å². The van der Waals surface area contributed by atoms with E-state index in [0.717, 1.165) is 5.92 Å². The monoisotopic (exact) mass is 248 g/mol. The molecule has 1 fully saturated rings. The summed E-state index contributed by atoms with van der Waals surface area (Å²) in [5, 5.41) is 12.5. The smallest absolute Gasteiger partial charge is 0.337 e. The van der Waals surface area contributed by atoms with Crippen LogP contribution in [0.4, 0.5) is 0 Å². The SMILES string of the molecule is C[C@H](NCc1ncccc1C(=O)O)C1CCCC1. The maximum absolute atomic E-state index is 11.1. The van der Waals surface area contributed by atoms with E-state index in [2.05, 4.69) is 17.2 Å². The van der Waals surface area contributed by atoms with Crippen molar-refractivity contribution >= 4 is 5.97 Å². The van der Waals surface area contributed by atoms with E-state index in [-0.39, 0.29) is 0 Å². The van der Waals surface area contributed by atoms with Crippen molar-refractivity contribution in [3.05, 3.63) is 29.6 Å². The zero-order chi connectivity index (χ0) is 13.0. The van der Waals surface area contributed by atoms with E-state index in [1.807, 2.05) is 0 Å². The topological polar surface area (TPSA) is 62.2 Å². The maximum atomic E-state index is 11.1. The fourth-order valence-corrected chi connectivity index (χ4v) is 2.66. The van der Waals surface area contributed by atoms with E-state index >= 15 is 0 Å². The van der Waals surface area contributed by atoms with Crippen LogP contribution in [0.3, 0.4) is 0 Å². The van der Waals surface area contributed by atoms with Gasteiger partial charge in [-0.15, -0.1) is 0 Å². The number of carboxylic acid groups (broad SMARTS) is 1. The molecule has 0 spiro atoms. The zero-order valence-electron chi connectivity index (χ0n) is 10.7. The van der Waals surface area contributed by atoms with Gasteiger partial charge in [0.15, 0.2) is 0 Å². The number of aromatic nitrogens is 1. The largest absolute Gasteiger partial charge is 0.478 e. The van der Waals surface area contributed by atoms with Gasteiger partial charge in [-0.3, -0.25) is 4.98 Å². The predicted molar refractivity (Wildman–Crippen MR) is 69.5 cm³/mol. The normalized spacial score (nSPS) is 17.8. The number of hydrogen-bond donors (Lipinski definition) is 2. The molecular weight excluding hydrogens is 228 g/mol. The molecule has 1 heterocycles. The molecule has 1 aromatic heterocycles. The van der Waals surface area contributed by atoms with Crippen LogP contribution in [0.15, 0.2) is 18.3 Å². The molecule has 4 heteroatoms. The summed E-state index contributed by atoms with van der Waals surface area (Å²) < 4.78 is 0. The molecule has 1 aliphatic rings. The van der Waals surface area contributed by atoms with Crippen molar-refractivity contribution in [1.29, 1.82) is 0 Å². The zero-order valence-corrected chi connectivity index (χ0v) is 10.7. The fourth-order valence-electron chi connectivity index (χ4n) is 2.66. The van der Waals surface area contributed by atoms with E-state index in [4.69, 9.17) is 5.11 Å². The first kappa shape index (κ1) is 13.0. The van der Waals surface area contributed by atoms with Crippen LogP contribution in [0.2, 0.25) is 0 Å². The molecule has 98 valence electrons. The summed E-state index contributed by atoms with van der Waals surface area (Å²) in [6.45, 7) is 2.71. The third-order valence-corrected chi connectivity index (χ3v) is 3.82. The fraction of sp³-hybridized carbons (Fsp3) is 0.571.